The average Bonchev–Trinajstić information content (AvgIpc) is 3.45. The molecule has 0 bridgehead atoms. The predicted octanol–water partition coefficient (Wildman–Crippen LogP) is 5.76. The maximum absolute atomic E-state index is 12.9. The lowest BCUT2D eigenvalue weighted by atomic mass is 9.95. The summed E-state index contributed by atoms with van der Waals surface area (Å²) in [5, 5.41) is 14.5. The minimum Gasteiger partial charge on any atom is -0.325 e. The Morgan fingerprint density at radius 2 is 2.00 bits per heavy atom. The molecule has 0 saturated heterocycles. The number of aromatic nitrogens is 3. The van der Waals surface area contributed by atoms with Crippen molar-refractivity contribution in [2.75, 3.05) is 5.32 Å². The van der Waals surface area contributed by atoms with Crippen LogP contribution in [0.25, 0.3) is 0 Å². The molecule has 6 nitrogen and oxygen atoms in total. The number of benzene rings is 1. The Kier molecular flexibility index (Phi) is 7.42. The van der Waals surface area contributed by atoms with Crippen LogP contribution in [-0.2, 0) is 11.2 Å². The number of hydrogen-bond donors (Lipinski definition) is 1. The fraction of sp³-hybridized carbons (Fsp3) is 0.417. The van der Waals surface area contributed by atoms with Gasteiger partial charge in [-0.25, -0.2) is 0 Å². The van der Waals surface area contributed by atoms with Gasteiger partial charge in [-0.3, -0.25) is 9.59 Å². The molecule has 0 spiro atoms. The molecule has 4 rings (SSSR count). The van der Waals surface area contributed by atoms with Crippen LogP contribution in [0, 0.1) is 0 Å². The van der Waals surface area contributed by atoms with Crippen molar-refractivity contribution in [3.8, 4) is 0 Å². The summed E-state index contributed by atoms with van der Waals surface area (Å²) < 4.78 is 2.28. The molecule has 0 unspecified atom stereocenters. The Hall–Kier alpha value is -2.45. The lowest BCUT2D eigenvalue weighted by Crippen LogP contribution is -2.24. The predicted molar refractivity (Wildman–Crippen MR) is 130 cm³/mol. The molecule has 168 valence electrons. The summed E-state index contributed by atoms with van der Waals surface area (Å²) in [5.74, 6) is 0.833. The van der Waals surface area contributed by atoms with Gasteiger partial charge in [-0.15, -0.1) is 21.5 Å². The van der Waals surface area contributed by atoms with Crippen LogP contribution in [0.1, 0.15) is 73.1 Å². The second kappa shape index (κ2) is 10.4. The monoisotopic (exact) mass is 468 g/mol. The van der Waals surface area contributed by atoms with Crippen LogP contribution in [-0.4, -0.2) is 31.7 Å². The zero-order chi connectivity index (χ0) is 22.5. The second-order valence-corrected chi connectivity index (χ2v) is 10.5. The number of anilines is 1. The largest absolute Gasteiger partial charge is 0.325 e. The van der Waals surface area contributed by atoms with E-state index in [1.807, 2.05) is 6.92 Å². The zero-order valence-electron chi connectivity index (χ0n) is 18.4. The van der Waals surface area contributed by atoms with Crippen LogP contribution < -0.4 is 5.32 Å². The highest BCUT2D eigenvalue weighted by molar-refractivity contribution is 8.00. The number of amides is 1. The van der Waals surface area contributed by atoms with Gasteiger partial charge in [-0.2, -0.15) is 0 Å². The molecular formula is C24H28N4O2S2. The van der Waals surface area contributed by atoms with Crippen LogP contribution in [0.5, 0.6) is 0 Å². The summed E-state index contributed by atoms with van der Waals surface area (Å²) in [6.07, 6.45) is 6.73. The Bertz CT molecular complexity index is 1070. The van der Waals surface area contributed by atoms with Gasteiger partial charge in [-0.05, 0) is 50.3 Å². The third-order valence-electron chi connectivity index (χ3n) is 5.78. The highest BCUT2D eigenvalue weighted by atomic mass is 32.2. The lowest BCUT2D eigenvalue weighted by molar-refractivity contribution is -0.115. The number of ketones is 1. The third kappa shape index (κ3) is 5.48. The maximum atomic E-state index is 12.9. The highest BCUT2D eigenvalue weighted by Gasteiger charge is 2.26. The Labute approximate surface area is 196 Å². The first kappa shape index (κ1) is 22.7. The molecule has 1 fully saturated rings. The molecule has 3 aromatic rings. The van der Waals surface area contributed by atoms with Crippen molar-refractivity contribution in [1.29, 1.82) is 0 Å². The van der Waals surface area contributed by atoms with E-state index in [9.17, 15) is 9.59 Å². The van der Waals surface area contributed by atoms with Crippen molar-refractivity contribution in [3.63, 3.8) is 0 Å². The van der Waals surface area contributed by atoms with Gasteiger partial charge >= 0.3 is 0 Å². The normalized spacial score (nSPS) is 15.4. The highest BCUT2D eigenvalue weighted by Crippen LogP contribution is 2.34. The number of thiophene rings is 1. The zero-order valence-corrected chi connectivity index (χ0v) is 20.0. The van der Waals surface area contributed by atoms with Crippen molar-refractivity contribution in [2.24, 2.45) is 0 Å². The van der Waals surface area contributed by atoms with Crippen LogP contribution >= 0.6 is 23.1 Å². The molecule has 1 N–H and O–H groups in total. The fourth-order valence-corrected chi connectivity index (χ4v) is 5.69. The number of nitrogens with zero attached hydrogens (tertiary/aromatic N) is 3. The fourth-order valence-electron chi connectivity index (χ4n) is 4.05. The van der Waals surface area contributed by atoms with E-state index in [2.05, 4.69) is 37.6 Å². The van der Waals surface area contributed by atoms with E-state index >= 15 is 0 Å². The standard InChI is InChI=1S/C24H28N4O2S2/c1-16(29)18-8-6-9-19(14-18)25-23(30)17(2)32-24-27-26-22(15-21-12-7-13-31-21)28(24)20-10-4-3-5-11-20/h6-9,12-14,17,20H,3-5,10-11,15H2,1-2H3,(H,25,30)/t17-/m1/s1. The van der Waals surface area contributed by atoms with Crippen LogP contribution in [0.3, 0.4) is 0 Å². The van der Waals surface area contributed by atoms with Gasteiger partial charge in [0.25, 0.3) is 0 Å². The van der Waals surface area contributed by atoms with Crippen molar-refractivity contribution >= 4 is 40.5 Å². The van der Waals surface area contributed by atoms with Crippen molar-refractivity contribution in [2.45, 2.75) is 68.8 Å². The van der Waals surface area contributed by atoms with E-state index < -0.39 is 0 Å². The number of Topliss-reactive ketones (excluding diaryl/α,β-unsaturated/α-hetero) is 1. The number of carbonyl (C=O) groups is 2. The van der Waals surface area contributed by atoms with Gasteiger partial charge in [-0.1, -0.05) is 49.2 Å². The summed E-state index contributed by atoms with van der Waals surface area (Å²) in [6, 6.07) is 11.6. The molecule has 32 heavy (non-hydrogen) atoms. The minimum atomic E-state index is -0.350. The van der Waals surface area contributed by atoms with E-state index in [1.165, 1.54) is 42.8 Å². The van der Waals surface area contributed by atoms with Gasteiger partial charge in [0.2, 0.25) is 5.91 Å². The van der Waals surface area contributed by atoms with E-state index in [0.717, 1.165) is 30.2 Å². The number of carbonyl (C=O) groups excluding carboxylic acids is 2. The molecule has 1 amide bonds. The number of hydrogen-bond acceptors (Lipinski definition) is 6. The van der Waals surface area contributed by atoms with Crippen LogP contribution in [0.2, 0.25) is 0 Å². The van der Waals surface area contributed by atoms with Gasteiger partial charge in [0.15, 0.2) is 10.9 Å². The first-order valence-electron chi connectivity index (χ1n) is 11.1. The lowest BCUT2D eigenvalue weighted by Gasteiger charge is -2.26. The first-order chi connectivity index (χ1) is 15.5. The van der Waals surface area contributed by atoms with Gasteiger partial charge in [0.1, 0.15) is 5.82 Å². The molecule has 0 aliphatic heterocycles. The first-order valence-corrected chi connectivity index (χ1v) is 12.8. The van der Waals surface area contributed by atoms with Crippen molar-refractivity contribution < 1.29 is 9.59 Å². The maximum Gasteiger partial charge on any atom is 0.237 e. The number of thioether (sulfide) groups is 1. The molecule has 8 heteroatoms. The Balaban J connectivity index is 1.51. The minimum absolute atomic E-state index is 0.0256. The molecule has 1 aromatic carbocycles. The Morgan fingerprint density at radius 1 is 1.19 bits per heavy atom. The average molecular weight is 469 g/mol. The molecule has 2 aromatic heterocycles. The summed E-state index contributed by atoms with van der Waals surface area (Å²) in [6.45, 7) is 3.40. The Morgan fingerprint density at radius 3 is 2.72 bits per heavy atom. The van der Waals surface area contributed by atoms with Crippen molar-refractivity contribution in [1.82, 2.24) is 14.8 Å². The van der Waals surface area contributed by atoms with E-state index in [-0.39, 0.29) is 16.9 Å². The smallest absolute Gasteiger partial charge is 0.237 e. The second-order valence-electron chi connectivity index (χ2n) is 8.20. The summed E-state index contributed by atoms with van der Waals surface area (Å²) >= 11 is 3.18. The van der Waals surface area contributed by atoms with E-state index in [4.69, 9.17) is 0 Å². The quantitative estimate of drug-likeness (QED) is 0.336. The van der Waals surface area contributed by atoms with Crippen LogP contribution in [0.4, 0.5) is 5.69 Å². The molecule has 1 atom stereocenters. The van der Waals surface area contributed by atoms with E-state index in [0.29, 0.717) is 17.3 Å². The van der Waals surface area contributed by atoms with Gasteiger partial charge in [0, 0.05) is 28.6 Å². The molecular weight excluding hydrogens is 440 g/mol. The van der Waals surface area contributed by atoms with Gasteiger partial charge < -0.3 is 9.88 Å². The summed E-state index contributed by atoms with van der Waals surface area (Å²) in [7, 11) is 0. The number of rotatable bonds is 8. The SMILES string of the molecule is CC(=O)c1cccc(NC(=O)[C@@H](C)Sc2nnc(Cc3cccs3)n2C2CCCCC2)c1. The molecule has 1 saturated carbocycles. The molecule has 0 radical (unpaired) electrons. The molecule has 2 heterocycles. The van der Waals surface area contributed by atoms with Crippen molar-refractivity contribution in [3.05, 3.63) is 58.0 Å². The molecule has 1 aliphatic rings. The third-order valence-corrected chi connectivity index (χ3v) is 7.71. The molecule has 1 aliphatic carbocycles. The van der Waals surface area contributed by atoms with Crippen LogP contribution in [0.15, 0.2) is 46.9 Å². The topological polar surface area (TPSA) is 76.9 Å². The summed E-state index contributed by atoms with van der Waals surface area (Å²) in [5.41, 5.74) is 1.21. The van der Waals surface area contributed by atoms with E-state index in [1.54, 1.807) is 35.6 Å². The van der Waals surface area contributed by atoms with Gasteiger partial charge in [0.05, 0.1) is 5.25 Å². The number of nitrogens with one attached hydrogen (secondary N) is 1. The summed E-state index contributed by atoms with van der Waals surface area (Å²) in [4.78, 5) is 25.8.